The van der Waals surface area contributed by atoms with Crippen LogP contribution < -0.4 is 16.4 Å². The number of aromatic nitrogens is 2. The number of hydrogen-bond donors (Lipinski definition) is 2. The van der Waals surface area contributed by atoms with Crippen LogP contribution >= 0.6 is 0 Å². The summed E-state index contributed by atoms with van der Waals surface area (Å²) in [5.74, 6) is 0. The maximum Gasteiger partial charge on any atom is 0.323 e. The summed E-state index contributed by atoms with van der Waals surface area (Å²) in [6.45, 7) is 0. The van der Waals surface area contributed by atoms with Crippen LogP contribution in [0.4, 0.5) is 0 Å². The average molecular weight is 148 g/mol. The van der Waals surface area contributed by atoms with Gasteiger partial charge in [0.05, 0.1) is 10.7 Å². The van der Waals surface area contributed by atoms with Gasteiger partial charge in [0.2, 0.25) is 0 Å². The van der Waals surface area contributed by atoms with E-state index in [2.05, 4.69) is 9.97 Å². The monoisotopic (exact) mass is 148 g/mol. The van der Waals surface area contributed by atoms with E-state index in [4.69, 9.17) is 0 Å². The molecule has 0 fully saturated rings. The van der Waals surface area contributed by atoms with Crippen molar-refractivity contribution >= 4 is 12.2 Å². The molecule has 2 N–H and O–H groups in total. The molecule has 1 aromatic rings. The number of H-pyrrole nitrogens is 2. The summed E-state index contributed by atoms with van der Waals surface area (Å²) in [6, 6.07) is 0. The highest BCUT2D eigenvalue weighted by atomic mass is 16.1. The summed E-state index contributed by atoms with van der Waals surface area (Å²) in [4.78, 5) is 16.2. The molecule has 0 unspecified atom stereocenters. The average Bonchev–Trinajstić information content (AvgIpc) is 2.17. The molecule has 0 spiro atoms. The molecule has 0 saturated heterocycles. The van der Waals surface area contributed by atoms with Crippen molar-refractivity contribution in [2.24, 2.45) is 0 Å². The highest BCUT2D eigenvalue weighted by Gasteiger charge is 1.90. The van der Waals surface area contributed by atoms with Crippen molar-refractivity contribution in [1.82, 2.24) is 9.97 Å². The first-order valence-corrected chi connectivity index (χ1v) is 3.51. The molecule has 2 rings (SSSR count). The van der Waals surface area contributed by atoms with E-state index in [-0.39, 0.29) is 5.69 Å². The Morgan fingerprint density at radius 2 is 2.09 bits per heavy atom. The van der Waals surface area contributed by atoms with E-state index in [1.165, 1.54) is 0 Å². The standard InChI is InChI=1S/C8H8N2O/c11-8-9-6-4-2-1-3-5-7(6)10-8/h1-2,4-5H,3H2,(H2,9,10,11). The van der Waals surface area contributed by atoms with Crippen LogP contribution in [-0.4, -0.2) is 9.97 Å². The molecule has 0 bridgehead atoms. The SMILES string of the molecule is O=c1[nH]c2c([nH]1)=CCC=CC=2. The molecule has 1 heterocycles. The third kappa shape index (κ3) is 1.05. The van der Waals surface area contributed by atoms with Gasteiger partial charge in [-0.1, -0.05) is 18.2 Å². The minimum Gasteiger partial charge on any atom is -0.306 e. The zero-order valence-electron chi connectivity index (χ0n) is 5.92. The van der Waals surface area contributed by atoms with Crippen molar-refractivity contribution in [1.29, 1.82) is 0 Å². The molecule has 3 nitrogen and oxygen atoms in total. The van der Waals surface area contributed by atoms with Crippen LogP contribution in [-0.2, 0) is 0 Å². The van der Waals surface area contributed by atoms with E-state index < -0.39 is 0 Å². The van der Waals surface area contributed by atoms with Crippen LogP contribution in [0.1, 0.15) is 6.42 Å². The second kappa shape index (κ2) is 2.27. The Morgan fingerprint density at radius 3 is 3.00 bits per heavy atom. The van der Waals surface area contributed by atoms with Gasteiger partial charge in [0.25, 0.3) is 0 Å². The number of nitrogens with one attached hydrogen (secondary N) is 2. The molecule has 1 aliphatic rings. The first-order chi connectivity index (χ1) is 5.36. The lowest BCUT2D eigenvalue weighted by Gasteiger charge is -1.73. The van der Waals surface area contributed by atoms with E-state index in [9.17, 15) is 4.79 Å². The van der Waals surface area contributed by atoms with Crippen molar-refractivity contribution in [3.05, 3.63) is 33.3 Å². The quantitative estimate of drug-likeness (QED) is 0.498. The van der Waals surface area contributed by atoms with Crippen LogP contribution in [0.3, 0.4) is 0 Å². The van der Waals surface area contributed by atoms with E-state index in [1.54, 1.807) is 0 Å². The van der Waals surface area contributed by atoms with Crippen molar-refractivity contribution < 1.29 is 0 Å². The van der Waals surface area contributed by atoms with Gasteiger partial charge in [-0.25, -0.2) is 4.79 Å². The molecule has 3 heteroatoms. The topological polar surface area (TPSA) is 48.6 Å². The largest absolute Gasteiger partial charge is 0.323 e. The highest BCUT2D eigenvalue weighted by molar-refractivity contribution is 5.40. The predicted octanol–water partition coefficient (Wildman–Crippen LogP) is -0.776. The first kappa shape index (κ1) is 6.22. The van der Waals surface area contributed by atoms with Gasteiger partial charge in [-0.3, -0.25) is 0 Å². The summed E-state index contributed by atoms with van der Waals surface area (Å²) in [6.07, 6.45) is 8.71. The van der Waals surface area contributed by atoms with Gasteiger partial charge in [-0.2, -0.15) is 0 Å². The minimum absolute atomic E-state index is 0.141. The second-order valence-corrected chi connectivity index (χ2v) is 2.44. The normalized spacial score (nSPS) is 14.5. The fraction of sp³-hybridized carbons (Fsp3) is 0.125. The fourth-order valence-electron chi connectivity index (χ4n) is 1.13. The van der Waals surface area contributed by atoms with Gasteiger partial charge in [0, 0.05) is 0 Å². The molecule has 1 aromatic heterocycles. The zero-order chi connectivity index (χ0) is 7.68. The van der Waals surface area contributed by atoms with Gasteiger partial charge in [0.1, 0.15) is 0 Å². The smallest absolute Gasteiger partial charge is 0.306 e. The maximum atomic E-state index is 10.8. The summed E-state index contributed by atoms with van der Waals surface area (Å²) < 4.78 is 0. The number of imidazole rings is 1. The molecule has 56 valence electrons. The van der Waals surface area contributed by atoms with Gasteiger partial charge in [0.15, 0.2) is 0 Å². The van der Waals surface area contributed by atoms with Crippen LogP contribution in [0, 0.1) is 0 Å². The Bertz CT molecular complexity index is 447. The Labute approximate surface area is 62.8 Å². The number of aromatic amines is 2. The second-order valence-electron chi connectivity index (χ2n) is 2.44. The molecule has 0 aliphatic heterocycles. The Kier molecular flexibility index (Phi) is 1.28. The molecular formula is C8H8N2O. The molecule has 0 saturated carbocycles. The van der Waals surface area contributed by atoms with Gasteiger partial charge >= 0.3 is 5.69 Å². The Hall–Kier alpha value is -1.51. The Balaban J connectivity index is 2.90. The Morgan fingerprint density at radius 1 is 1.27 bits per heavy atom. The van der Waals surface area contributed by atoms with E-state index in [1.807, 2.05) is 24.3 Å². The lowest BCUT2D eigenvalue weighted by Crippen LogP contribution is -2.23. The third-order valence-electron chi connectivity index (χ3n) is 1.64. The van der Waals surface area contributed by atoms with Crippen LogP contribution in [0.2, 0.25) is 0 Å². The summed E-state index contributed by atoms with van der Waals surface area (Å²) in [7, 11) is 0. The minimum atomic E-state index is -0.141. The maximum absolute atomic E-state index is 10.8. The van der Waals surface area contributed by atoms with E-state index in [0.29, 0.717) is 0 Å². The lowest BCUT2D eigenvalue weighted by atomic mass is 10.4. The number of rotatable bonds is 0. The highest BCUT2D eigenvalue weighted by Crippen LogP contribution is 1.85. The third-order valence-corrected chi connectivity index (χ3v) is 1.64. The van der Waals surface area contributed by atoms with E-state index >= 15 is 0 Å². The van der Waals surface area contributed by atoms with Gasteiger partial charge in [-0.05, 0) is 12.5 Å². The van der Waals surface area contributed by atoms with Crippen LogP contribution in [0.15, 0.2) is 16.9 Å². The van der Waals surface area contributed by atoms with Crippen molar-refractivity contribution in [3.63, 3.8) is 0 Å². The lowest BCUT2D eigenvalue weighted by molar-refractivity contribution is 1.16. The number of fused-ring (bicyclic) bond motifs is 1. The molecule has 0 aromatic carbocycles. The first-order valence-electron chi connectivity index (χ1n) is 3.51. The zero-order valence-corrected chi connectivity index (χ0v) is 5.92. The molecule has 11 heavy (non-hydrogen) atoms. The van der Waals surface area contributed by atoms with Crippen molar-refractivity contribution in [2.75, 3.05) is 0 Å². The van der Waals surface area contributed by atoms with Gasteiger partial charge < -0.3 is 9.97 Å². The predicted molar refractivity (Wildman–Crippen MR) is 43.4 cm³/mol. The van der Waals surface area contributed by atoms with Crippen molar-refractivity contribution in [3.8, 4) is 0 Å². The molecule has 0 radical (unpaired) electrons. The molecule has 1 aliphatic carbocycles. The van der Waals surface area contributed by atoms with Crippen molar-refractivity contribution in [2.45, 2.75) is 6.42 Å². The fourth-order valence-corrected chi connectivity index (χ4v) is 1.13. The number of hydrogen-bond acceptors (Lipinski definition) is 1. The van der Waals surface area contributed by atoms with E-state index in [0.717, 1.165) is 17.1 Å². The molecule has 0 atom stereocenters. The summed E-state index contributed by atoms with van der Waals surface area (Å²) >= 11 is 0. The molecule has 0 amide bonds. The molecular weight excluding hydrogens is 140 g/mol. The van der Waals surface area contributed by atoms with Crippen LogP contribution in [0.5, 0.6) is 0 Å². The summed E-state index contributed by atoms with van der Waals surface area (Å²) in [5, 5.41) is 1.75. The summed E-state index contributed by atoms with van der Waals surface area (Å²) in [5.41, 5.74) is -0.141. The number of allylic oxidation sites excluding steroid dienone is 2. The van der Waals surface area contributed by atoms with Gasteiger partial charge in [-0.15, -0.1) is 0 Å². The van der Waals surface area contributed by atoms with Crippen LogP contribution in [0.25, 0.3) is 12.2 Å².